The van der Waals surface area contributed by atoms with Crippen molar-refractivity contribution >= 4 is 5.91 Å². The van der Waals surface area contributed by atoms with Crippen molar-refractivity contribution in [3.05, 3.63) is 53.5 Å². The molecule has 1 aromatic carbocycles. The van der Waals surface area contributed by atoms with E-state index >= 15 is 0 Å². The number of aromatic nitrogens is 2. The average Bonchev–Trinajstić information content (AvgIpc) is 3.47. The zero-order valence-corrected chi connectivity index (χ0v) is 16.1. The molecule has 4 rings (SSSR count). The van der Waals surface area contributed by atoms with Gasteiger partial charge < -0.3 is 18.7 Å². The van der Waals surface area contributed by atoms with E-state index in [-0.39, 0.29) is 11.9 Å². The summed E-state index contributed by atoms with van der Waals surface area (Å²) in [7, 11) is 1.62. The highest BCUT2D eigenvalue weighted by molar-refractivity contribution is 5.93. The van der Waals surface area contributed by atoms with Gasteiger partial charge in [-0.2, -0.15) is 0 Å². The molecule has 1 aliphatic heterocycles. The van der Waals surface area contributed by atoms with Crippen LogP contribution in [0.25, 0.3) is 11.3 Å². The summed E-state index contributed by atoms with van der Waals surface area (Å²) in [6.45, 7) is 2.77. The first-order chi connectivity index (χ1) is 13.7. The van der Waals surface area contributed by atoms with Crippen molar-refractivity contribution in [2.45, 2.75) is 38.6 Å². The average molecular weight is 381 g/mol. The lowest BCUT2D eigenvalue weighted by Crippen LogP contribution is -2.30. The van der Waals surface area contributed by atoms with Crippen molar-refractivity contribution in [2.24, 2.45) is 0 Å². The van der Waals surface area contributed by atoms with Gasteiger partial charge in [0.25, 0.3) is 5.91 Å². The first kappa shape index (κ1) is 18.3. The molecule has 0 spiro atoms. The fourth-order valence-electron chi connectivity index (χ4n) is 3.58. The molecule has 0 radical (unpaired) electrons. The van der Waals surface area contributed by atoms with Crippen molar-refractivity contribution in [1.29, 1.82) is 0 Å². The normalized spacial score (nSPS) is 16.5. The molecule has 1 atom stereocenters. The number of carbonyl (C=O) groups excluding carboxylic acids is 1. The van der Waals surface area contributed by atoms with E-state index in [0.717, 1.165) is 48.5 Å². The van der Waals surface area contributed by atoms with Crippen molar-refractivity contribution < 1.29 is 18.6 Å². The fraction of sp³-hybridized carbons (Fsp3) is 0.381. The van der Waals surface area contributed by atoms with Gasteiger partial charge in [0.1, 0.15) is 17.2 Å². The quantitative estimate of drug-likeness (QED) is 0.634. The Bertz CT molecular complexity index is 945. The molecule has 0 saturated carbocycles. The van der Waals surface area contributed by atoms with Crippen LogP contribution in [0.1, 0.15) is 54.2 Å². The minimum absolute atomic E-state index is 0.0806. The number of aryl methyl sites for hydroxylation is 1. The standard InChI is InChI=1S/C21H23N3O4/c1-3-5-16-12-17(22-27-16)19-6-4-11-24(19)21(25)18-13-20(28-23-18)14-7-9-15(26-2)10-8-14/h7-10,12-13,19H,3-6,11H2,1-2H3/t19-/m1/s1. The number of amides is 1. The molecule has 3 heterocycles. The molecule has 28 heavy (non-hydrogen) atoms. The number of benzene rings is 1. The fourth-order valence-corrected chi connectivity index (χ4v) is 3.58. The maximum Gasteiger partial charge on any atom is 0.276 e. The summed E-state index contributed by atoms with van der Waals surface area (Å²) >= 11 is 0. The van der Waals surface area contributed by atoms with Crippen LogP contribution in [0, 0.1) is 0 Å². The van der Waals surface area contributed by atoms with Gasteiger partial charge >= 0.3 is 0 Å². The van der Waals surface area contributed by atoms with Crippen molar-refractivity contribution in [1.82, 2.24) is 15.2 Å². The maximum absolute atomic E-state index is 13.0. The first-order valence-electron chi connectivity index (χ1n) is 9.57. The third-order valence-corrected chi connectivity index (χ3v) is 5.03. The summed E-state index contributed by atoms with van der Waals surface area (Å²) in [6.07, 6.45) is 3.64. The van der Waals surface area contributed by atoms with E-state index in [1.165, 1.54) is 0 Å². The van der Waals surface area contributed by atoms with E-state index in [9.17, 15) is 4.79 Å². The molecule has 7 heteroatoms. The Labute approximate surface area is 163 Å². The van der Waals surface area contributed by atoms with Crippen LogP contribution in [0.4, 0.5) is 0 Å². The van der Waals surface area contributed by atoms with Crippen LogP contribution in [0.3, 0.4) is 0 Å². The van der Waals surface area contributed by atoms with Gasteiger partial charge in [-0.25, -0.2) is 0 Å². The number of hydrogen-bond donors (Lipinski definition) is 0. The van der Waals surface area contributed by atoms with Crippen molar-refractivity contribution in [2.75, 3.05) is 13.7 Å². The summed E-state index contributed by atoms with van der Waals surface area (Å²) in [5.74, 6) is 2.02. The molecule has 2 aromatic heterocycles. The Morgan fingerprint density at radius 2 is 2.04 bits per heavy atom. The Kier molecular flexibility index (Phi) is 5.14. The van der Waals surface area contributed by atoms with E-state index in [0.29, 0.717) is 18.0 Å². The molecule has 0 bridgehead atoms. The van der Waals surface area contributed by atoms with E-state index in [1.54, 1.807) is 13.2 Å². The number of hydrogen-bond acceptors (Lipinski definition) is 6. The SMILES string of the molecule is CCCc1cc([C@H]2CCCN2C(=O)c2cc(-c3ccc(OC)cc3)on2)no1. The molecule has 1 amide bonds. The minimum atomic E-state index is -0.147. The second-order valence-electron chi connectivity index (χ2n) is 6.93. The molecular weight excluding hydrogens is 358 g/mol. The summed E-state index contributed by atoms with van der Waals surface area (Å²) in [5.41, 5.74) is 1.95. The lowest BCUT2D eigenvalue weighted by molar-refractivity contribution is 0.0720. The van der Waals surface area contributed by atoms with Crippen LogP contribution in [0.15, 0.2) is 45.4 Å². The van der Waals surface area contributed by atoms with Crippen molar-refractivity contribution in [3.8, 4) is 17.1 Å². The molecule has 7 nitrogen and oxygen atoms in total. The predicted molar refractivity (Wildman–Crippen MR) is 102 cm³/mol. The molecule has 1 saturated heterocycles. The lowest BCUT2D eigenvalue weighted by atomic mass is 10.1. The van der Waals surface area contributed by atoms with E-state index in [4.69, 9.17) is 13.8 Å². The van der Waals surface area contributed by atoms with Crippen LogP contribution < -0.4 is 4.74 Å². The highest BCUT2D eigenvalue weighted by Gasteiger charge is 2.34. The van der Waals surface area contributed by atoms with Gasteiger partial charge in [0.2, 0.25) is 0 Å². The molecule has 146 valence electrons. The molecular formula is C21H23N3O4. The first-order valence-corrected chi connectivity index (χ1v) is 9.57. The van der Waals surface area contributed by atoms with Crippen LogP contribution in [0.5, 0.6) is 5.75 Å². The smallest absolute Gasteiger partial charge is 0.276 e. The molecule has 0 aliphatic carbocycles. The zero-order chi connectivity index (χ0) is 19.5. The summed E-state index contributed by atoms with van der Waals surface area (Å²) in [6, 6.07) is 11.0. The molecule has 0 unspecified atom stereocenters. The van der Waals surface area contributed by atoms with E-state index < -0.39 is 0 Å². The van der Waals surface area contributed by atoms with E-state index in [1.807, 2.05) is 35.2 Å². The Balaban J connectivity index is 1.52. The highest BCUT2D eigenvalue weighted by atomic mass is 16.5. The third-order valence-electron chi connectivity index (χ3n) is 5.03. The highest BCUT2D eigenvalue weighted by Crippen LogP contribution is 2.33. The molecule has 1 fully saturated rings. The lowest BCUT2D eigenvalue weighted by Gasteiger charge is -2.21. The second-order valence-corrected chi connectivity index (χ2v) is 6.93. The largest absolute Gasteiger partial charge is 0.497 e. The Hall–Kier alpha value is -3.09. The topological polar surface area (TPSA) is 81.6 Å². The second kappa shape index (κ2) is 7.88. The van der Waals surface area contributed by atoms with Crippen LogP contribution in [0.2, 0.25) is 0 Å². The predicted octanol–water partition coefficient (Wildman–Crippen LogP) is 4.27. The maximum atomic E-state index is 13.0. The number of nitrogens with zero attached hydrogens (tertiary/aromatic N) is 3. The van der Waals surface area contributed by atoms with Gasteiger partial charge in [0, 0.05) is 30.7 Å². The number of ether oxygens (including phenoxy) is 1. The van der Waals surface area contributed by atoms with Gasteiger partial charge in [-0.15, -0.1) is 0 Å². The van der Waals surface area contributed by atoms with Gasteiger partial charge in [0.05, 0.1) is 13.2 Å². The van der Waals surface area contributed by atoms with Crippen LogP contribution in [-0.2, 0) is 6.42 Å². The van der Waals surface area contributed by atoms with Gasteiger partial charge in [-0.05, 0) is 43.5 Å². The van der Waals surface area contributed by atoms with E-state index in [2.05, 4.69) is 17.2 Å². The Morgan fingerprint density at radius 1 is 1.21 bits per heavy atom. The van der Waals surface area contributed by atoms with Crippen molar-refractivity contribution in [3.63, 3.8) is 0 Å². The summed E-state index contributed by atoms with van der Waals surface area (Å²) in [5, 5.41) is 8.19. The number of methoxy groups -OCH3 is 1. The summed E-state index contributed by atoms with van der Waals surface area (Å²) < 4.78 is 16.0. The Morgan fingerprint density at radius 3 is 2.79 bits per heavy atom. The number of carbonyl (C=O) groups is 1. The van der Waals surface area contributed by atoms with Gasteiger partial charge in [-0.3, -0.25) is 4.79 Å². The third kappa shape index (κ3) is 3.52. The minimum Gasteiger partial charge on any atom is -0.497 e. The molecule has 1 aliphatic rings. The summed E-state index contributed by atoms with van der Waals surface area (Å²) in [4.78, 5) is 14.8. The monoisotopic (exact) mass is 381 g/mol. The molecule has 0 N–H and O–H groups in total. The zero-order valence-electron chi connectivity index (χ0n) is 16.1. The number of likely N-dealkylation sites (tertiary alicyclic amines) is 1. The van der Waals surface area contributed by atoms with Gasteiger partial charge in [0.15, 0.2) is 11.5 Å². The van der Waals surface area contributed by atoms with Crippen LogP contribution in [-0.4, -0.2) is 34.8 Å². The van der Waals surface area contributed by atoms with Gasteiger partial charge in [-0.1, -0.05) is 17.2 Å². The van der Waals surface area contributed by atoms with Crippen LogP contribution >= 0.6 is 0 Å². The molecule has 3 aromatic rings. The number of rotatable bonds is 6.